The van der Waals surface area contributed by atoms with Crippen molar-refractivity contribution in [3.8, 4) is 28.6 Å². The molecule has 0 spiro atoms. The minimum atomic E-state index is -0.422. The van der Waals surface area contributed by atoms with Gasteiger partial charge in [-0.05, 0) is 61.5 Å². The van der Waals surface area contributed by atoms with Crippen LogP contribution < -0.4 is 19.6 Å². The number of hydrogen-bond acceptors (Lipinski definition) is 7. The van der Waals surface area contributed by atoms with Gasteiger partial charge in [-0.1, -0.05) is 6.07 Å². The molecule has 0 fully saturated rings. The molecule has 7 heteroatoms. The molecule has 0 radical (unpaired) electrons. The highest BCUT2D eigenvalue weighted by molar-refractivity contribution is 5.90. The molecule has 0 aliphatic carbocycles. The van der Waals surface area contributed by atoms with Crippen LogP contribution in [0.3, 0.4) is 0 Å². The minimum Gasteiger partial charge on any atom is -0.494 e. The molecule has 0 saturated heterocycles. The molecule has 0 N–H and O–H groups in total. The van der Waals surface area contributed by atoms with E-state index in [4.69, 9.17) is 28.4 Å². The number of nitrogens with zero attached hydrogens (tertiary/aromatic N) is 1. The molecule has 0 atom stereocenters. The van der Waals surface area contributed by atoms with Crippen LogP contribution in [0.1, 0.15) is 17.3 Å². The van der Waals surface area contributed by atoms with Crippen LogP contribution in [0.25, 0.3) is 22.3 Å². The standard InChI is InChI=1S/C27H25NO6/c1-5-33-20-10-12-23-21(15-20)22(28-19-8-6-7-18(13-19)27(29)32-4)16-25(34-23)17-9-11-24(30-2)26(14-17)31-3/h6-16H,5H2,1-4H3. The summed E-state index contributed by atoms with van der Waals surface area (Å²) in [4.78, 5) is 16.8. The molecule has 0 aliphatic rings. The Labute approximate surface area is 197 Å². The average molecular weight is 459 g/mol. The molecule has 4 rings (SSSR count). The lowest BCUT2D eigenvalue weighted by Gasteiger charge is -2.11. The third-order valence-electron chi connectivity index (χ3n) is 5.21. The SMILES string of the molecule is CCOc1ccc2oc(-c3ccc(OC)c(OC)c3)cc(=Nc3cccc(C(=O)OC)c3)c2c1. The molecule has 4 aromatic rings. The summed E-state index contributed by atoms with van der Waals surface area (Å²) in [5.74, 6) is 2.10. The predicted octanol–water partition coefficient (Wildman–Crippen LogP) is 5.53. The first kappa shape index (κ1) is 22.9. The van der Waals surface area contributed by atoms with E-state index in [-0.39, 0.29) is 0 Å². The van der Waals surface area contributed by atoms with Gasteiger partial charge in [0.2, 0.25) is 0 Å². The van der Waals surface area contributed by atoms with Crippen LogP contribution in [0.5, 0.6) is 17.2 Å². The lowest BCUT2D eigenvalue weighted by molar-refractivity contribution is 0.0600. The highest BCUT2D eigenvalue weighted by atomic mass is 16.5. The third-order valence-corrected chi connectivity index (χ3v) is 5.21. The lowest BCUT2D eigenvalue weighted by atomic mass is 10.1. The van der Waals surface area contributed by atoms with E-state index < -0.39 is 5.97 Å². The first-order valence-electron chi connectivity index (χ1n) is 10.7. The summed E-state index contributed by atoms with van der Waals surface area (Å²) >= 11 is 0. The van der Waals surface area contributed by atoms with Crippen molar-refractivity contribution in [1.29, 1.82) is 0 Å². The van der Waals surface area contributed by atoms with Crippen LogP contribution in [0.2, 0.25) is 0 Å². The summed E-state index contributed by atoms with van der Waals surface area (Å²) in [7, 11) is 4.53. The van der Waals surface area contributed by atoms with Gasteiger partial charge in [-0.25, -0.2) is 9.79 Å². The number of rotatable bonds is 7. The van der Waals surface area contributed by atoms with Gasteiger partial charge in [-0.15, -0.1) is 0 Å². The summed E-state index contributed by atoms with van der Waals surface area (Å²) < 4.78 is 27.5. The van der Waals surface area contributed by atoms with Gasteiger partial charge in [0.25, 0.3) is 0 Å². The summed E-state index contributed by atoms with van der Waals surface area (Å²) in [6.07, 6.45) is 0. The van der Waals surface area contributed by atoms with Crippen LogP contribution in [0.15, 0.2) is 76.1 Å². The Morgan fingerprint density at radius 2 is 1.74 bits per heavy atom. The second kappa shape index (κ2) is 10.1. The molecular formula is C27H25NO6. The molecule has 0 bridgehead atoms. The molecule has 7 nitrogen and oxygen atoms in total. The van der Waals surface area contributed by atoms with E-state index in [0.717, 1.165) is 10.9 Å². The van der Waals surface area contributed by atoms with Gasteiger partial charge in [-0.3, -0.25) is 0 Å². The predicted molar refractivity (Wildman–Crippen MR) is 129 cm³/mol. The van der Waals surface area contributed by atoms with Gasteiger partial charge < -0.3 is 23.4 Å². The molecule has 174 valence electrons. The molecule has 3 aromatic carbocycles. The van der Waals surface area contributed by atoms with Crippen molar-refractivity contribution in [2.24, 2.45) is 4.99 Å². The largest absolute Gasteiger partial charge is 0.494 e. The second-order valence-corrected chi connectivity index (χ2v) is 7.31. The first-order valence-corrected chi connectivity index (χ1v) is 10.7. The van der Waals surface area contributed by atoms with Gasteiger partial charge in [0.1, 0.15) is 17.1 Å². The zero-order valence-electron chi connectivity index (χ0n) is 19.5. The molecular weight excluding hydrogens is 434 g/mol. The average Bonchev–Trinajstić information content (AvgIpc) is 2.88. The van der Waals surface area contributed by atoms with Crippen LogP contribution in [0, 0.1) is 0 Å². The van der Waals surface area contributed by atoms with E-state index in [2.05, 4.69) is 0 Å². The van der Waals surface area contributed by atoms with Crippen molar-refractivity contribution in [1.82, 2.24) is 0 Å². The minimum absolute atomic E-state index is 0.420. The van der Waals surface area contributed by atoms with E-state index in [0.29, 0.717) is 51.8 Å². The highest BCUT2D eigenvalue weighted by Crippen LogP contribution is 2.33. The number of methoxy groups -OCH3 is 3. The Kier molecular flexibility index (Phi) is 6.82. The third kappa shape index (κ3) is 4.73. The molecule has 1 aromatic heterocycles. The fourth-order valence-corrected chi connectivity index (χ4v) is 3.59. The maximum atomic E-state index is 12.0. The second-order valence-electron chi connectivity index (χ2n) is 7.31. The van der Waals surface area contributed by atoms with E-state index >= 15 is 0 Å². The number of benzene rings is 3. The van der Waals surface area contributed by atoms with E-state index in [1.807, 2.05) is 55.5 Å². The summed E-state index contributed by atoms with van der Waals surface area (Å²) in [5, 5.41) is 1.44. The fraction of sp³-hybridized carbons (Fsp3) is 0.185. The van der Waals surface area contributed by atoms with Gasteiger partial charge >= 0.3 is 5.97 Å². The van der Waals surface area contributed by atoms with E-state index in [1.165, 1.54) is 7.11 Å². The quantitative estimate of drug-likeness (QED) is 0.338. The molecule has 34 heavy (non-hydrogen) atoms. The number of carbonyl (C=O) groups excluding carboxylic acids is 1. The van der Waals surface area contributed by atoms with Crippen LogP contribution >= 0.6 is 0 Å². The summed E-state index contributed by atoms with van der Waals surface area (Å²) in [6.45, 7) is 2.47. The Balaban J connectivity index is 1.94. The Morgan fingerprint density at radius 1 is 0.912 bits per heavy atom. The van der Waals surface area contributed by atoms with E-state index in [1.54, 1.807) is 32.4 Å². The van der Waals surface area contributed by atoms with Crippen LogP contribution in [-0.2, 0) is 4.74 Å². The van der Waals surface area contributed by atoms with Gasteiger partial charge in [-0.2, -0.15) is 0 Å². The Morgan fingerprint density at radius 3 is 2.47 bits per heavy atom. The van der Waals surface area contributed by atoms with Crippen molar-refractivity contribution in [2.45, 2.75) is 6.92 Å². The Bertz CT molecular complexity index is 1410. The highest BCUT2D eigenvalue weighted by Gasteiger charge is 2.12. The van der Waals surface area contributed by atoms with Crippen molar-refractivity contribution < 1.29 is 28.2 Å². The van der Waals surface area contributed by atoms with Crippen LogP contribution in [-0.4, -0.2) is 33.9 Å². The normalized spacial score (nSPS) is 11.4. The number of hydrogen-bond donors (Lipinski definition) is 0. The topological polar surface area (TPSA) is 79.5 Å². The zero-order chi connectivity index (χ0) is 24.1. The first-order chi connectivity index (χ1) is 16.6. The molecule has 1 heterocycles. The fourth-order valence-electron chi connectivity index (χ4n) is 3.59. The van der Waals surface area contributed by atoms with E-state index in [9.17, 15) is 4.79 Å². The zero-order valence-corrected chi connectivity index (χ0v) is 19.5. The van der Waals surface area contributed by atoms with Gasteiger partial charge in [0, 0.05) is 17.0 Å². The molecule has 0 amide bonds. The van der Waals surface area contributed by atoms with Crippen molar-refractivity contribution in [3.63, 3.8) is 0 Å². The Hall–Kier alpha value is -4.26. The number of esters is 1. The lowest BCUT2D eigenvalue weighted by Crippen LogP contribution is -2.05. The van der Waals surface area contributed by atoms with Crippen LogP contribution in [0.4, 0.5) is 5.69 Å². The summed E-state index contributed by atoms with van der Waals surface area (Å²) in [5.41, 5.74) is 2.46. The van der Waals surface area contributed by atoms with Crippen molar-refractivity contribution in [3.05, 3.63) is 77.7 Å². The molecule has 0 saturated carbocycles. The number of fused-ring (bicyclic) bond motifs is 1. The van der Waals surface area contributed by atoms with Gasteiger partial charge in [0.05, 0.1) is 44.5 Å². The molecule has 0 unspecified atom stereocenters. The maximum Gasteiger partial charge on any atom is 0.337 e. The van der Waals surface area contributed by atoms with Gasteiger partial charge in [0.15, 0.2) is 11.5 Å². The summed E-state index contributed by atoms with van der Waals surface area (Å²) in [6, 6.07) is 20.0. The molecule has 0 aliphatic heterocycles. The number of carbonyl (C=O) groups is 1. The van der Waals surface area contributed by atoms with Crippen molar-refractivity contribution in [2.75, 3.05) is 27.9 Å². The monoisotopic (exact) mass is 459 g/mol. The smallest absolute Gasteiger partial charge is 0.337 e. The maximum absolute atomic E-state index is 12.0. The van der Waals surface area contributed by atoms with Crippen molar-refractivity contribution >= 4 is 22.6 Å². The number of ether oxygens (including phenoxy) is 4.